The molecule has 0 spiro atoms. The minimum absolute atomic E-state index is 0.0568. The first kappa shape index (κ1) is 31.8. The molecule has 0 fully saturated rings. The zero-order valence-electron chi connectivity index (χ0n) is 22.8. The summed E-state index contributed by atoms with van der Waals surface area (Å²) in [7, 11) is 0. The SMILES string of the molecule is CCC[C@@H]1NC(=O)[C@@H](NC(=O)[C@@H](N)CCC(=O)O)CC/C=C/CC[C@@H]([C@H](O)CNc2ccc(C)cc2)NC1=O. The van der Waals surface area contributed by atoms with Gasteiger partial charge in [-0.05, 0) is 57.6 Å². The first-order valence-corrected chi connectivity index (χ1v) is 13.6. The van der Waals surface area contributed by atoms with Crippen molar-refractivity contribution in [1.29, 1.82) is 0 Å². The molecule has 1 aliphatic heterocycles. The number of carbonyl (C=O) groups excluding carboxylic acids is 3. The lowest BCUT2D eigenvalue weighted by molar-refractivity contribution is -0.137. The number of carbonyl (C=O) groups is 4. The second-order valence-corrected chi connectivity index (χ2v) is 10.0. The Hall–Kier alpha value is -3.44. The first-order valence-electron chi connectivity index (χ1n) is 13.6. The van der Waals surface area contributed by atoms with E-state index in [1.54, 1.807) is 0 Å². The van der Waals surface area contributed by atoms with Crippen molar-refractivity contribution in [1.82, 2.24) is 16.0 Å². The van der Waals surface area contributed by atoms with E-state index in [1.165, 1.54) is 0 Å². The van der Waals surface area contributed by atoms with Gasteiger partial charge < -0.3 is 37.2 Å². The fraction of sp³-hybridized carbons (Fsp3) is 0.571. The summed E-state index contributed by atoms with van der Waals surface area (Å²) in [4.78, 5) is 49.7. The van der Waals surface area contributed by atoms with Crippen molar-refractivity contribution in [3.05, 3.63) is 42.0 Å². The van der Waals surface area contributed by atoms with Gasteiger partial charge in [0.15, 0.2) is 0 Å². The molecule has 0 saturated heterocycles. The summed E-state index contributed by atoms with van der Waals surface area (Å²) in [6.07, 6.45) is 5.51. The van der Waals surface area contributed by atoms with E-state index in [0.717, 1.165) is 11.3 Å². The number of carboxylic acid groups (broad SMARTS) is 1. The van der Waals surface area contributed by atoms with Gasteiger partial charge in [0.25, 0.3) is 0 Å². The lowest BCUT2D eigenvalue weighted by Gasteiger charge is -2.28. The third-order valence-corrected chi connectivity index (χ3v) is 6.64. The van der Waals surface area contributed by atoms with Gasteiger partial charge in [-0.15, -0.1) is 0 Å². The summed E-state index contributed by atoms with van der Waals surface area (Å²) in [5.41, 5.74) is 7.81. The standard InChI is InChI=1S/C28H43N5O6/c1-3-8-22-27(38)31-21(24(34)17-30-19-13-11-18(2)12-14-19)9-6-4-5-7-10-23(28(39)33-22)32-26(37)20(29)15-16-25(35)36/h4-5,11-14,20-24,30,34H,3,6-10,15-17,29H2,1-2H3,(H,31,38)(H,32,37)(H,33,39)(H,35,36)/b5-4+/t20-,21-,22-,23-,24+/m0/s1. The van der Waals surface area contributed by atoms with Crippen LogP contribution in [-0.4, -0.2) is 70.7 Å². The predicted octanol–water partition coefficient (Wildman–Crippen LogP) is 1.34. The van der Waals surface area contributed by atoms with Crippen LogP contribution in [0.5, 0.6) is 0 Å². The van der Waals surface area contributed by atoms with Crippen LogP contribution < -0.4 is 27.0 Å². The van der Waals surface area contributed by atoms with Crippen molar-refractivity contribution >= 4 is 29.4 Å². The monoisotopic (exact) mass is 545 g/mol. The fourth-order valence-corrected chi connectivity index (χ4v) is 4.24. The minimum atomic E-state index is -1.07. The van der Waals surface area contributed by atoms with Crippen LogP contribution in [-0.2, 0) is 19.2 Å². The van der Waals surface area contributed by atoms with Crippen LogP contribution in [0.1, 0.15) is 63.9 Å². The number of aliphatic carboxylic acids is 1. The molecular formula is C28H43N5O6. The molecule has 3 amide bonds. The lowest BCUT2D eigenvalue weighted by atomic mass is 10.0. The maximum atomic E-state index is 13.2. The summed E-state index contributed by atoms with van der Waals surface area (Å²) in [6, 6.07) is 4.39. The van der Waals surface area contributed by atoms with Gasteiger partial charge in [-0.2, -0.15) is 0 Å². The van der Waals surface area contributed by atoms with Crippen LogP contribution >= 0.6 is 0 Å². The number of aliphatic hydroxyl groups excluding tert-OH is 1. The molecule has 0 aliphatic carbocycles. The zero-order valence-corrected chi connectivity index (χ0v) is 22.8. The Morgan fingerprint density at radius 1 is 1.08 bits per heavy atom. The molecule has 2 rings (SSSR count). The van der Waals surface area contributed by atoms with E-state index in [1.807, 2.05) is 50.3 Å². The molecule has 0 saturated carbocycles. The Morgan fingerprint density at radius 3 is 2.38 bits per heavy atom. The number of aryl methyl sites for hydroxylation is 1. The number of aliphatic hydroxyl groups is 1. The number of allylic oxidation sites excluding steroid dienone is 2. The molecule has 0 aromatic heterocycles. The second-order valence-electron chi connectivity index (χ2n) is 10.0. The molecule has 0 radical (unpaired) electrons. The van der Waals surface area contributed by atoms with E-state index >= 15 is 0 Å². The van der Waals surface area contributed by atoms with Gasteiger partial charge in [0.2, 0.25) is 17.7 Å². The molecule has 1 heterocycles. The largest absolute Gasteiger partial charge is 0.481 e. The number of amides is 3. The lowest BCUT2D eigenvalue weighted by Crippen LogP contribution is -2.57. The van der Waals surface area contributed by atoms with E-state index in [0.29, 0.717) is 32.1 Å². The molecule has 11 heteroatoms. The molecule has 1 aromatic rings. The van der Waals surface area contributed by atoms with Crippen molar-refractivity contribution in [2.75, 3.05) is 11.9 Å². The highest BCUT2D eigenvalue weighted by Crippen LogP contribution is 2.13. The number of hydrogen-bond acceptors (Lipinski definition) is 7. The van der Waals surface area contributed by atoms with Crippen LogP contribution in [0, 0.1) is 6.92 Å². The average molecular weight is 546 g/mol. The normalized spacial score (nSPS) is 23.0. The highest BCUT2D eigenvalue weighted by atomic mass is 16.4. The van der Waals surface area contributed by atoms with Gasteiger partial charge >= 0.3 is 5.97 Å². The van der Waals surface area contributed by atoms with Gasteiger partial charge in [-0.1, -0.05) is 43.2 Å². The number of hydrogen-bond donors (Lipinski definition) is 7. The Balaban J connectivity index is 2.10. The number of nitrogens with two attached hydrogens (primary N) is 1. The van der Waals surface area contributed by atoms with Gasteiger partial charge in [-0.3, -0.25) is 19.2 Å². The molecule has 8 N–H and O–H groups in total. The van der Waals surface area contributed by atoms with Crippen LogP contribution in [0.2, 0.25) is 0 Å². The Labute approximate surface area is 230 Å². The summed E-state index contributed by atoms with van der Waals surface area (Å²) in [6.45, 7) is 4.12. The number of benzene rings is 1. The molecule has 1 aromatic carbocycles. The summed E-state index contributed by atoms with van der Waals surface area (Å²) >= 11 is 0. The van der Waals surface area contributed by atoms with Crippen molar-refractivity contribution in [3.8, 4) is 0 Å². The van der Waals surface area contributed by atoms with Crippen LogP contribution in [0.4, 0.5) is 5.69 Å². The maximum Gasteiger partial charge on any atom is 0.303 e. The van der Waals surface area contributed by atoms with E-state index < -0.39 is 54.0 Å². The van der Waals surface area contributed by atoms with Gasteiger partial charge in [0.1, 0.15) is 12.1 Å². The average Bonchev–Trinajstić information content (AvgIpc) is 2.91. The Morgan fingerprint density at radius 2 is 1.74 bits per heavy atom. The highest BCUT2D eigenvalue weighted by molar-refractivity contribution is 5.93. The third-order valence-electron chi connectivity index (χ3n) is 6.64. The molecule has 11 nitrogen and oxygen atoms in total. The topological polar surface area (TPSA) is 183 Å². The maximum absolute atomic E-state index is 13.2. The predicted molar refractivity (Wildman–Crippen MR) is 149 cm³/mol. The molecular weight excluding hydrogens is 502 g/mol. The first-order chi connectivity index (χ1) is 18.6. The van der Waals surface area contributed by atoms with Gasteiger partial charge in [0, 0.05) is 18.7 Å². The van der Waals surface area contributed by atoms with Crippen LogP contribution in [0.3, 0.4) is 0 Å². The molecule has 39 heavy (non-hydrogen) atoms. The molecule has 0 bridgehead atoms. The number of anilines is 1. The third kappa shape index (κ3) is 11.5. The summed E-state index contributed by atoms with van der Waals surface area (Å²) in [5.74, 6) is -2.61. The quantitative estimate of drug-likeness (QED) is 0.203. The zero-order chi connectivity index (χ0) is 28.8. The van der Waals surface area contributed by atoms with E-state index in [9.17, 15) is 24.3 Å². The van der Waals surface area contributed by atoms with E-state index in [2.05, 4.69) is 21.3 Å². The fourth-order valence-electron chi connectivity index (χ4n) is 4.24. The molecule has 0 unspecified atom stereocenters. The van der Waals surface area contributed by atoms with E-state index in [4.69, 9.17) is 10.8 Å². The summed E-state index contributed by atoms with van der Waals surface area (Å²) in [5, 5.41) is 31.2. The van der Waals surface area contributed by atoms with Crippen molar-refractivity contribution < 1.29 is 29.4 Å². The molecule has 216 valence electrons. The van der Waals surface area contributed by atoms with Crippen molar-refractivity contribution in [3.63, 3.8) is 0 Å². The molecule has 5 atom stereocenters. The van der Waals surface area contributed by atoms with Crippen LogP contribution in [0.25, 0.3) is 0 Å². The number of nitrogens with one attached hydrogen (secondary N) is 4. The summed E-state index contributed by atoms with van der Waals surface area (Å²) < 4.78 is 0. The van der Waals surface area contributed by atoms with Gasteiger partial charge in [-0.25, -0.2) is 0 Å². The van der Waals surface area contributed by atoms with Gasteiger partial charge in [0.05, 0.1) is 18.2 Å². The van der Waals surface area contributed by atoms with E-state index in [-0.39, 0.29) is 25.8 Å². The van der Waals surface area contributed by atoms with Crippen molar-refractivity contribution in [2.24, 2.45) is 5.73 Å². The number of carboxylic acids is 1. The van der Waals surface area contributed by atoms with Crippen LogP contribution in [0.15, 0.2) is 36.4 Å². The molecule has 1 aliphatic rings. The Kier molecular flexibility index (Phi) is 13.4. The highest BCUT2D eigenvalue weighted by Gasteiger charge is 2.30. The smallest absolute Gasteiger partial charge is 0.303 e. The Bertz CT molecular complexity index is 983. The van der Waals surface area contributed by atoms with Crippen molar-refractivity contribution in [2.45, 2.75) is 95.5 Å². The minimum Gasteiger partial charge on any atom is -0.481 e. The second kappa shape index (κ2) is 16.5. The number of rotatable bonds is 11.